The van der Waals surface area contributed by atoms with Crippen molar-refractivity contribution in [2.24, 2.45) is 0 Å². The summed E-state index contributed by atoms with van der Waals surface area (Å²) in [5, 5.41) is 3.40. The number of hydrogen-bond donors (Lipinski definition) is 1. The van der Waals surface area contributed by atoms with Gasteiger partial charge in [0, 0.05) is 43.7 Å². The lowest BCUT2D eigenvalue weighted by atomic mass is 10.1. The average Bonchev–Trinajstić information content (AvgIpc) is 2.50. The summed E-state index contributed by atoms with van der Waals surface area (Å²) in [7, 11) is 0. The van der Waals surface area contributed by atoms with Gasteiger partial charge in [-0.05, 0) is 39.7 Å². The first kappa shape index (κ1) is 16.2. The first-order valence-electron chi connectivity index (χ1n) is 8.14. The first-order chi connectivity index (χ1) is 10.2. The topological polar surface area (TPSA) is 50.3 Å². The van der Waals surface area contributed by atoms with Crippen molar-refractivity contribution >= 4 is 5.95 Å². The highest BCUT2D eigenvalue weighted by molar-refractivity contribution is 5.33. The van der Waals surface area contributed by atoms with Gasteiger partial charge in [-0.2, -0.15) is 0 Å². The molecule has 0 radical (unpaired) electrons. The van der Waals surface area contributed by atoms with E-state index in [1.165, 1.54) is 5.56 Å². The van der Waals surface area contributed by atoms with Crippen LogP contribution in [-0.4, -0.2) is 42.3 Å². The van der Waals surface area contributed by atoms with Crippen LogP contribution in [0.5, 0.6) is 0 Å². The second-order valence-corrected chi connectivity index (χ2v) is 5.60. The van der Waals surface area contributed by atoms with Crippen molar-refractivity contribution in [1.29, 1.82) is 0 Å². The highest BCUT2D eigenvalue weighted by Gasteiger charge is 2.21. The largest absolute Gasteiger partial charge is 0.378 e. The van der Waals surface area contributed by atoms with E-state index >= 15 is 0 Å². The van der Waals surface area contributed by atoms with Crippen molar-refractivity contribution in [3.05, 3.63) is 17.5 Å². The lowest BCUT2D eigenvalue weighted by molar-refractivity contribution is 0.0457. The van der Waals surface area contributed by atoms with Gasteiger partial charge in [0.25, 0.3) is 0 Å². The molecule has 2 rings (SSSR count). The number of nitrogens with zero attached hydrogens (tertiary/aromatic N) is 3. The number of aromatic nitrogens is 2. The molecule has 1 N–H and O–H groups in total. The number of rotatable bonds is 7. The van der Waals surface area contributed by atoms with Crippen molar-refractivity contribution < 1.29 is 4.74 Å². The molecule has 0 aromatic carbocycles. The summed E-state index contributed by atoms with van der Waals surface area (Å²) in [5.74, 6) is 0.863. The molecule has 1 fully saturated rings. The van der Waals surface area contributed by atoms with E-state index in [9.17, 15) is 0 Å². The quantitative estimate of drug-likeness (QED) is 0.781. The molecule has 1 aliphatic rings. The Morgan fingerprint density at radius 1 is 1.33 bits per heavy atom. The zero-order valence-corrected chi connectivity index (χ0v) is 13.6. The molecule has 21 heavy (non-hydrogen) atoms. The summed E-state index contributed by atoms with van der Waals surface area (Å²) in [6.07, 6.45) is 5.65. The molecule has 1 aromatic heterocycles. The molecule has 0 amide bonds. The van der Waals surface area contributed by atoms with Gasteiger partial charge in [0.2, 0.25) is 5.95 Å². The molecule has 0 saturated carbocycles. The fourth-order valence-electron chi connectivity index (χ4n) is 2.66. The molecule has 0 unspecified atom stereocenters. The third-order valence-corrected chi connectivity index (χ3v) is 3.94. The van der Waals surface area contributed by atoms with Gasteiger partial charge < -0.3 is 15.0 Å². The van der Waals surface area contributed by atoms with Crippen molar-refractivity contribution in [2.45, 2.75) is 52.7 Å². The standard InChI is InChI=1S/C16H28N4O/c1-4-8-17-11-14-12-18-16(19-13(14)3)20-9-6-15(7-10-20)21-5-2/h12,15,17H,4-11H2,1-3H3. The average molecular weight is 292 g/mol. The monoisotopic (exact) mass is 292 g/mol. The molecule has 1 saturated heterocycles. The number of hydrogen-bond acceptors (Lipinski definition) is 5. The molecular formula is C16H28N4O. The van der Waals surface area contributed by atoms with E-state index < -0.39 is 0 Å². The summed E-state index contributed by atoms with van der Waals surface area (Å²) in [6.45, 7) is 11.0. The van der Waals surface area contributed by atoms with E-state index in [0.717, 1.165) is 63.7 Å². The predicted octanol–water partition coefficient (Wildman–Crippen LogP) is 2.29. The maximum atomic E-state index is 5.69. The SMILES string of the molecule is CCCNCc1cnc(N2CCC(OCC)CC2)nc1C. The number of aryl methyl sites for hydroxylation is 1. The van der Waals surface area contributed by atoms with Crippen LogP contribution in [0.3, 0.4) is 0 Å². The molecule has 2 heterocycles. The number of nitrogens with one attached hydrogen (secondary N) is 1. The maximum Gasteiger partial charge on any atom is 0.225 e. The Balaban J connectivity index is 1.91. The molecule has 118 valence electrons. The Hall–Kier alpha value is -1.20. The van der Waals surface area contributed by atoms with E-state index in [2.05, 4.69) is 41.0 Å². The minimum atomic E-state index is 0.407. The summed E-state index contributed by atoms with van der Waals surface area (Å²) in [4.78, 5) is 11.5. The van der Waals surface area contributed by atoms with Crippen molar-refractivity contribution in [2.75, 3.05) is 31.1 Å². The second-order valence-electron chi connectivity index (χ2n) is 5.60. The van der Waals surface area contributed by atoms with Crippen LogP contribution in [0, 0.1) is 6.92 Å². The van der Waals surface area contributed by atoms with Gasteiger partial charge >= 0.3 is 0 Å². The van der Waals surface area contributed by atoms with Crippen LogP contribution >= 0.6 is 0 Å². The Morgan fingerprint density at radius 2 is 2.10 bits per heavy atom. The van der Waals surface area contributed by atoms with Crippen LogP contribution < -0.4 is 10.2 Å². The van der Waals surface area contributed by atoms with Gasteiger partial charge in [-0.1, -0.05) is 6.92 Å². The molecule has 0 atom stereocenters. The molecule has 5 heteroatoms. The molecule has 0 aliphatic carbocycles. The van der Waals surface area contributed by atoms with Crippen molar-refractivity contribution in [1.82, 2.24) is 15.3 Å². The minimum Gasteiger partial charge on any atom is -0.378 e. The first-order valence-corrected chi connectivity index (χ1v) is 8.14. The van der Waals surface area contributed by atoms with Gasteiger partial charge in [0.15, 0.2) is 0 Å². The minimum absolute atomic E-state index is 0.407. The van der Waals surface area contributed by atoms with E-state index in [0.29, 0.717) is 6.10 Å². The maximum absolute atomic E-state index is 5.69. The third kappa shape index (κ3) is 4.64. The zero-order valence-electron chi connectivity index (χ0n) is 13.6. The summed E-state index contributed by atoms with van der Waals surface area (Å²) < 4.78 is 5.69. The molecule has 5 nitrogen and oxygen atoms in total. The Labute approximate surface area is 128 Å². The summed E-state index contributed by atoms with van der Waals surface area (Å²) >= 11 is 0. The van der Waals surface area contributed by atoms with Crippen LogP contribution in [0.2, 0.25) is 0 Å². The van der Waals surface area contributed by atoms with Crippen molar-refractivity contribution in [3.63, 3.8) is 0 Å². The molecule has 0 bridgehead atoms. The van der Waals surface area contributed by atoms with Crippen LogP contribution in [0.4, 0.5) is 5.95 Å². The molecule has 1 aliphatic heterocycles. The van der Waals surface area contributed by atoms with Crippen LogP contribution in [0.25, 0.3) is 0 Å². The van der Waals surface area contributed by atoms with Crippen molar-refractivity contribution in [3.8, 4) is 0 Å². The number of anilines is 1. The third-order valence-electron chi connectivity index (χ3n) is 3.94. The van der Waals surface area contributed by atoms with Gasteiger partial charge in [0.1, 0.15) is 0 Å². The summed E-state index contributed by atoms with van der Waals surface area (Å²) in [6, 6.07) is 0. The Bertz CT molecular complexity index is 430. The van der Waals surface area contributed by atoms with Crippen LogP contribution in [0.15, 0.2) is 6.20 Å². The van der Waals surface area contributed by atoms with Crippen LogP contribution in [-0.2, 0) is 11.3 Å². The van der Waals surface area contributed by atoms with E-state index in [-0.39, 0.29) is 0 Å². The van der Waals surface area contributed by atoms with E-state index in [1.54, 1.807) is 0 Å². The number of ether oxygens (including phenoxy) is 1. The van der Waals surface area contributed by atoms with Gasteiger partial charge in [0.05, 0.1) is 6.10 Å². The number of piperidine rings is 1. The predicted molar refractivity (Wildman–Crippen MR) is 85.6 cm³/mol. The molecule has 0 spiro atoms. The van der Waals surface area contributed by atoms with Gasteiger partial charge in [-0.3, -0.25) is 0 Å². The lowest BCUT2D eigenvalue weighted by Crippen LogP contribution is -2.38. The fourth-order valence-corrected chi connectivity index (χ4v) is 2.66. The highest BCUT2D eigenvalue weighted by Crippen LogP contribution is 2.19. The molecular weight excluding hydrogens is 264 g/mol. The fraction of sp³-hybridized carbons (Fsp3) is 0.750. The Kier molecular flexibility index (Phi) is 6.39. The Morgan fingerprint density at radius 3 is 2.71 bits per heavy atom. The summed E-state index contributed by atoms with van der Waals surface area (Å²) in [5.41, 5.74) is 2.27. The van der Waals surface area contributed by atoms with E-state index in [4.69, 9.17) is 4.74 Å². The lowest BCUT2D eigenvalue weighted by Gasteiger charge is -2.31. The van der Waals surface area contributed by atoms with Gasteiger partial charge in [-0.25, -0.2) is 9.97 Å². The van der Waals surface area contributed by atoms with Gasteiger partial charge in [-0.15, -0.1) is 0 Å². The zero-order chi connectivity index (χ0) is 15.1. The van der Waals surface area contributed by atoms with E-state index in [1.807, 2.05) is 6.20 Å². The second kappa shape index (κ2) is 8.29. The highest BCUT2D eigenvalue weighted by atomic mass is 16.5. The normalized spacial score (nSPS) is 16.4. The van der Waals surface area contributed by atoms with Crippen LogP contribution in [0.1, 0.15) is 44.4 Å². The smallest absolute Gasteiger partial charge is 0.225 e. The molecule has 1 aromatic rings.